The fourth-order valence-corrected chi connectivity index (χ4v) is 1.54. The van der Waals surface area contributed by atoms with E-state index < -0.39 is 0 Å². The molecule has 0 heteroatoms. The molecule has 14 heavy (non-hydrogen) atoms. The number of allylic oxidation sites excluding steroid dienone is 2. The van der Waals surface area contributed by atoms with E-state index in [1.165, 1.54) is 23.1 Å². The molecule has 0 aliphatic carbocycles. The molecular weight excluding hydrogens is 168 g/mol. The molecule has 0 saturated carbocycles. The van der Waals surface area contributed by atoms with E-state index in [0.717, 1.165) is 5.92 Å². The summed E-state index contributed by atoms with van der Waals surface area (Å²) < 4.78 is 0. The lowest BCUT2D eigenvalue weighted by Crippen LogP contribution is -1.93. The quantitative estimate of drug-likeness (QED) is 0.663. The minimum absolute atomic E-state index is 0.740. The van der Waals surface area contributed by atoms with Crippen LogP contribution in [0.2, 0.25) is 0 Å². The minimum atomic E-state index is 0.740. The minimum Gasteiger partial charge on any atom is -0.0841 e. The van der Waals surface area contributed by atoms with Crippen LogP contribution in [0.25, 0.3) is 5.57 Å². The van der Waals surface area contributed by atoms with Crippen molar-refractivity contribution in [1.29, 1.82) is 0 Å². The van der Waals surface area contributed by atoms with Crippen molar-refractivity contribution in [2.24, 2.45) is 5.92 Å². The van der Waals surface area contributed by atoms with Gasteiger partial charge in [-0.15, -0.1) is 0 Å². The molecule has 0 aliphatic rings. The van der Waals surface area contributed by atoms with E-state index in [9.17, 15) is 0 Å². The number of hydrogen-bond donors (Lipinski definition) is 0. The molecule has 0 fully saturated rings. The van der Waals surface area contributed by atoms with Gasteiger partial charge in [0.1, 0.15) is 0 Å². The predicted octanol–water partition coefficient (Wildman–Crippen LogP) is 4.31. The van der Waals surface area contributed by atoms with Gasteiger partial charge >= 0.3 is 0 Å². The van der Waals surface area contributed by atoms with E-state index in [4.69, 9.17) is 0 Å². The van der Waals surface area contributed by atoms with Gasteiger partial charge in [-0.1, -0.05) is 44.2 Å². The Morgan fingerprint density at radius 3 is 2.21 bits per heavy atom. The van der Waals surface area contributed by atoms with Crippen molar-refractivity contribution >= 4 is 5.57 Å². The fourth-order valence-electron chi connectivity index (χ4n) is 1.54. The van der Waals surface area contributed by atoms with E-state index in [0.29, 0.717) is 0 Å². The molecule has 0 radical (unpaired) electrons. The average molecular weight is 188 g/mol. The van der Waals surface area contributed by atoms with Crippen molar-refractivity contribution in [3.05, 3.63) is 41.5 Å². The first-order chi connectivity index (χ1) is 6.63. The van der Waals surface area contributed by atoms with E-state index in [2.05, 4.69) is 58.0 Å². The first-order valence-corrected chi connectivity index (χ1v) is 5.35. The van der Waals surface area contributed by atoms with Gasteiger partial charge in [-0.25, -0.2) is 0 Å². The molecule has 0 unspecified atom stereocenters. The second-order valence-corrected chi connectivity index (χ2v) is 4.27. The van der Waals surface area contributed by atoms with E-state index in [-0.39, 0.29) is 0 Å². The summed E-state index contributed by atoms with van der Waals surface area (Å²) in [5.41, 5.74) is 4.12. The van der Waals surface area contributed by atoms with Gasteiger partial charge in [-0.05, 0) is 42.9 Å². The lowest BCUT2D eigenvalue weighted by atomic mass is 10.00. The van der Waals surface area contributed by atoms with Crippen LogP contribution in [0.4, 0.5) is 0 Å². The molecule has 0 heterocycles. The molecule has 0 N–H and O–H groups in total. The van der Waals surface area contributed by atoms with Gasteiger partial charge in [0.25, 0.3) is 0 Å². The Labute approximate surface area is 87.7 Å². The van der Waals surface area contributed by atoms with Crippen molar-refractivity contribution in [1.82, 2.24) is 0 Å². The van der Waals surface area contributed by atoms with Gasteiger partial charge < -0.3 is 0 Å². The molecule has 1 aromatic rings. The highest BCUT2D eigenvalue weighted by Crippen LogP contribution is 2.15. The van der Waals surface area contributed by atoms with Crippen LogP contribution in [0.3, 0.4) is 0 Å². The Balaban J connectivity index is 2.78. The normalized spacial score (nSPS) is 12.2. The van der Waals surface area contributed by atoms with Gasteiger partial charge in [-0.2, -0.15) is 0 Å². The van der Waals surface area contributed by atoms with Gasteiger partial charge in [0.05, 0.1) is 0 Å². The summed E-state index contributed by atoms with van der Waals surface area (Å²) >= 11 is 0. The first-order valence-electron chi connectivity index (χ1n) is 5.35. The summed E-state index contributed by atoms with van der Waals surface area (Å²) in [6, 6.07) is 8.91. The zero-order valence-electron chi connectivity index (χ0n) is 9.67. The molecule has 0 saturated heterocycles. The van der Waals surface area contributed by atoms with Gasteiger partial charge in [-0.3, -0.25) is 0 Å². The maximum absolute atomic E-state index is 2.26. The lowest BCUT2D eigenvalue weighted by Gasteiger charge is -2.06. The van der Waals surface area contributed by atoms with Gasteiger partial charge in [0, 0.05) is 0 Å². The van der Waals surface area contributed by atoms with E-state index in [1.807, 2.05) is 0 Å². The van der Waals surface area contributed by atoms with Crippen LogP contribution in [0.15, 0.2) is 30.3 Å². The van der Waals surface area contributed by atoms with Gasteiger partial charge in [0.2, 0.25) is 0 Å². The Hall–Kier alpha value is -1.04. The summed E-state index contributed by atoms with van der Waals surface area (Å²) in [5, 5.41) is 0. The maximum Gasteiger partial charge on any atom is -0.0230 e. The molecular formula is C14H20. The number of benzene rings is 1. The third-order valence-corrected chi connectivity index (χ3v) is 2.49. The zero-order valence-corrected chi connectivity index (χ0v) is 9.67. The van der Waals surface area contributed by atoms with Crippen LogP contribution < -0.4 is 0 Å². The number of rotatable bonds is 3. The van der Waals surface area contributed by atoms with E-state index >= 15 is 0 Å². The van der Waals surface area contributed by atoms with Crippen LogP contribution in [-0.4, -0.2) is 0 Å². The topological polar surface area (TPSA) is 0 Å². The zero-order chi connectivity index (χ0) is 10.6. The lowest BCUT2D eigenvalue weighted by molar-refractivity contribution is 0.647. The SMILES string of the molecule is CC=C(C)c1ccc(CC(C)C)cc1. The molecule has 1 rings (SSSR count). The Morgan fingerprint density at radius 1 is 1.21 bits per heavy atom. The monoisotopic (exact) mass is 188 g/mol. The van der Waals surface area contributed by atoms with Gasteiger partial charge in [0.15, 0.2) is 0 Å². The molecule has 76 valence electrons. The largest absolute Gasteiger partial charge is 0.0841 e. The Morgan fingerprint density at radius 2 is 1.79 bits per heavy atom. The first kappa shape index (κ1) is 11.0. The summed E-state index contributed by atoms with van der Waals surface area (Å²) in [6.07, 6.45) is 3.33. The molecule has 0 amide bonds. The standard InChI is InChI=1S/C14H20/c1-5-12(4)14-8-6-13(7-9-14)10-11(2)3/h5-9,11H,10H2,1-4H3. The molecule has 0 aliphatic heterocycles. The van der Waals surface area contributed by atoms with Crippen LogP contribution in [0, 0.1) is 5.92 Å². The van der Waals surface area contributed by atoms with Crippen LogP contribution in [0.5, 0.6) is 0 Å². The summed E-state index contributed by atoms with van der Waals surface area (Å²) in [7, 11) is 0. The highest BCUT2D eigenvalue weighted by atomic mass is 14.0. The van der Waals surface area contributed by atoms with Crippen molar-refractivity contribution < 1.29 is 0 Å². The van der Waals surface area contributed by atoms with E-state index in [1.54, 1.807) is 0 Å². The van der Waals surface area contributed by atoms with Crippen molar-refractivity contribution in [2.45, 2.75) is 34.1 Å². The van der Waals surface area contributed by atoms with Crippen molar-refractivity contribution in [2.75, 3.05) is 0 Å². The molecule has 0 spiro atoms. The Bertz CT molecular complexity index is 301. The molecule has 0 nitrogen and oxygen atoms in total. The third kappa shape index (κ3) is 3.02. The highest BCUT2D eigenvalue weighted by molar-refractivity contribution is 5.63. The number of hydrogen-bond acceptors (Lipinski definition) is 0. The van der Waals surface area contributed by atoms with Crippen molar-refractivity contribution in [3.8, 4) is 0 Å². The van der Waals surface area contributed by atoms with Crippen LogP contribution in [-0.2, 0) is 6.42 Å². The average Bonchev–Trinajstić information content (AvgIpc) is 2.17. The molecule has 0 aromatic heterocycles. The molecule has 1 aromatic carbocycles. The Kier molecular flexibility index (Phi) is 3.94. The molecule has 0 bridgehead atoms. The predicted molar refractivity (Wildman–Crippen MR) is 64.3 cm³/mol. The van der Waals surface area contributed by atoms with Crippen molar-refractivity contribution in [3.63, 3.8) is 0 Å². The summed E-state index contributed by atoms with van der Waals surface area (Å²) in [6.45, 7) is 8.74. The second kappa shape index (κ2) is 4.99. The van der Waals surface area contributed by atoms with Crippen LogP contribution in [0.1, 0.15) is 38.8 Å². The smallest absolute Gasteiger partial charge is 0.0230 e. The summed E-state index contributed by atoms with van der Waals surface area (Å²) in [4.78, 5) is 0. The molecule has 0 atom stereocenters. The van der Waals surface area contributed by atoms with Crippen LogP contribution >= 0.6 is 0 Å². The highest BCUT2D eigenvalue weighted by Gasteiger charge is 1.98. The third-order valence-electron chi connectivity index (χ3n) is 2.49. The summed E-state index contributed by atoms with van der Waals surface area (Å²) in [5.74, 6) is 0.740. The fraction of sp³-hybridized carbons (Fsp3) is 0.429. The maximum atomic E-state index is 2.26. The second-order valence-electron chi connectivity index (χ2n) is 4.27.